The molecule has 1 aliphatic heterocycles. The zero-order valence-electron chi connectivity index (χ0n) is 19.2. The molecule has 0 bridgehead atoms. The fourth-order valence-corrected chi connectivity index (χ4v) is 4.58. The maximum atomic E-state index is 12.5. The van der Waals surface area contributed by atoms with Crippen molar-refractivity contribution in [2.75, 3.05) is 24.1 Å². The Morgan fingerprint density at radius 3 is 2.60 bits per heavy atom. The number of pyridine rings is 1. The number of nitrogens with one attached hydrogen (secondary N) is 1. The van der Waals surface area contributed by atoms with Gasteiger partial charge in [-0.05, 0) is 49.2 Å². The number of anilines is 2. The van der Waals surface area contributed by atoms with Crippen LogP contribution in [0.25, 0.3) is 22.2 Å². The summed E-state index contributed by atoms with van der Waals surface area (Å²) in [6, 6.07) is 18.5. The topological polar surface area (TPSA) is 106 Å². The Labute approximate surface area is 203 Å². The summed E-state index contributed by atoms with van der Waals surface area (Å²) in [6.07, 6.45) is 4.83. The molecule has 8 nitrogen and oxygen atoms in total. The lowest BCUT2D eigenvalue weighted by Crippen LogP contribution is -2.40. The van der Waals surface area contributed by atoms with Crippen LogP contribution in [0, 0.1) is 0 Å². The number of likely N-dealkylation sites (tertiary alicyclic amines) is 1. The van der Waals surface area contributed by atoms with Gasteiger partial charge in [-0.1, -0.05) is 36.9 Å². The molecule has 0 spiro atoms. The van der Waals surface area contributed by atoms with Crippen molar-refractivity contribution in [1.82, 2.24) is 19.7 Å². The smallest absolute Gasteiger partial charge is 0.255 e. The number of nitrogen functional groups attached to an aromatic ring is 1. The minimum Gasteiger partial charge on any atom is -0.383 e. The lowest BCUT2D eigenvalue weighted by Gasteiger charge is -2.32. The number of benzene rings is 2. The van der Waals surface area contributed by atoms with Gasteiger partial charge in [0.1, 0.15) is 11.5 Å². The predicted molar refractivity (Wildman–Crippen MR) is 137 cm³/mol. The summed E-state index contributed by atoms with van der Waals surface area (Å²) in [7, 11) is 0. The van der Waals surface area contributed by atoms with E-state index in [1.165, 1.54) is 6.08 Å². The summed E-state index contributed by atoms with van der Waals surface area (Å²) >= 11 is 0. The molecule has 2 amide bonds. The second kappa shape index (κ2) is 9.42. The summed E-state index contributed by atoms with van der Waals surface area (Å²) in [5, 5.41) is 8.64. The molecule has 0 saturated carbocycles. The third kappa shape index (κ3) is 4.38. The van der Waals surface area contributed by atoms with Gasteiger partial charge in [-0.3, -0.25) is 14.3 Å². The molecule has 0 aliphatic carbocycles. The van der Waals surface area contributed by atoms with Crippen molar-refractivity contribution in [2.24, 2.45) is 0 Å². The van der Waals surface area contributed by atoms with Gasteiger partial charge in [0.2, 0.25) is 5.91 Å². The summed E-state index contributed by atoms with van der Waals surface area (Å²) in [5.41, 5.74) is 10.0. The van der Waals surface area contributed by atoms with Gasteiger partial charge in [0, 0.05) is 36.1 Å². The normalized spacial score (nSPS) is 15.7. The fourth-order valence-electron chi connectivity index (χ4n) is 4.58. The van der Waals surface area contributed by atoms with Gasteiger partial charge in [-0.2, -0.15) is 5.10 Å². The van der Waals surface area contributed by atoms with E-state index < -0.39 is 0 Å². The highest BCUT2D eigenvalue weighted by Crippen LogP contribution is 2.35. The Morgan fingerprint density at radius 1 is 1.09 bits per heavy atom. The second-order valence-corrected chi connectivity index (χ2v) is 8.57. The first-order valence-corrected chi connectivity index (χ1v) is 11.6. The number of hydrogen-bond donors (Lipinski definition) is 2. The van der Waals surface area contributed by atoms with Crippen LogP contribution in [0.4, 0.5) is 11.5 Å². The van der Waals surface area contributed by atoms with E-state index in [-0.39, 0.29) is 17.9 Å². The van der Waals surface area contributed by atoms with E-state index in [9.17, 15) is 9.59 Å². The van der Waals surface area contributed by atoms with Crippen molar-refractivity contribution in [3.63, 3.8) is 0 Å². The van der Waals surface area contributed by atoms with Crippen molar-refractivity contribution in [1.29, 1.82) is 0 Å². The SMILES string of the molecule is C=CC(=O)N1CCCC(n2nc(-c3ccc(NC(=O)c4ccccc4)cc3)c3c(N)nccc32)C1. The van der Waals surface area contributed by atoms with Crippen LogP contribution >= 0.6 is 0 Å². The fraction of sp³-hybridized carbons (Fsp3) is 0.185. The van der Waals surface area contributed by atoms with Crippen LogP contribution in [0.2, 0.25) is 0 Å². The molecule has 1 atom stereocenters. The zero-order chi connectivity index (χ0) is 24.4. The number of hydrogen-bond acceptors (Lipinski definition) is 5. The minimum absolute atomic E-state index is 0.0233. The Kier molecular flexibility index (Phi) is 6.01. The van der Waals surface area contributed by atoms with Crippen molar-refractivity contribution >= 4 is 34.2 Å². The highest BCUT2D eigenvalue weighted by molar-refractivity contribution is 6.04. The second-order valence-electron chi connectivity index (χ2n) is 8.57. The first-order chi connectivity index (χ1) is 17.0. The first-order valence-electron chi connectivity index (χ1n) is 11.6. The molecular weight excluding hydrogens is 440 g/mol. The van der Waals surface area contributed by atoms with Crippen molar-refractivity contribution in [2.45, 2.75) is 18.9 Å². The Bertz CT molecular complexity index is 1390. The van der Waals surface area contributed by atoms with Gasteiger partial charge >= 0.3 is 0 Å². The average Bonchev–Trinajstić information content (AvgIpc) is 3.30. The van der Waals surface area contributed by atoms with Crippen LogP contribution in [-0.4, -0.2) is 44.6 Å². The van der Waals surface area contributed by atoms with E-state index in [2.05, 4.69) is 16.9 Å². The molecule has 5 rings (SSSR count). The molecular formula is C27H26N6O2. The molecule has 1 fully saturated rings. The molecule has 35 heavy (non-hydrogen) atoms. The molecule has 1 saturated heterocycles. The van der Waals surface area contributed by atoms with Crippen molar-refractivity contribution in [3.8, 4) is 11.3 Å². The standard InChI is InChI=1S/C27H26N6O2/c1-2-23(34)32-16-6-9-21(17-32)33-22-14-15-29-26(28)24(22)25(31-33)18-10-12-20(13-11-18)30-27(35)19-7-4-3-5-8-19/h2-5,7-8,10-15,21H,1,6,9,16-17H2,(H2,28,29)(H,30,35). The highest BCUT2D eigenvalue weighted by atomic mass is 16.2. The zero-order valence-corrected chi connectivity index (χ0v) is 19.2. The molecule has 3 heterocycles. The summed E-state index contributed by atoms with van der Waals surface area (Å²) in [4.78, 5) is 30.8. The maximum absolute atomic E-state index is 12.5. The van der Waals surface area contributed by atoms with Crippen LogP contribution in [0.5, 0.6) is 0 Å². The van der Waals surface area contributed by atoms with Crippen LogP contribution in [0.3, 0.4) is 0 Å². The Morgan fingerprint density at radius 2 is 1.86 bits per heavy atom. The molecule has 1 aliphatic rings. The molecule has 2 aromatic carbocycles. The van der Waals surface area contributed by atoms with E-state index in [4.69, 9.17) is 10.8 Å². The molecule has 3 N–H and O–H groups in total. The monoisotopic (exact) mass is 466 g/mol. The van der Waals surface area contributed by atoms with Gasteiger partial charge in [-0.15, -0.1) is 0 Å². The molecule has 8 heteroatoms. The quantitative estimate of drug-likeness (QED) is 0.427. The number of fused-ring (bicyclic) bond motifs is 1. The Balaban J connectivity index is 1.46. The molecule has 0 radical (unpaired) electrons. The lowest BCUT2D eigenvalue weighted by molar-refractivity contribution is -0.127. The van der Waals surface area contributed by atoms with Crippen LogP contribution < -0.4 is 11.1 Å². The third-order valence-electron chi connectivity index (χ3n) is 6.33. The van der Waals surface area contributed by atoms with E-state index in [1.54, 1.807) is 18.3 Å². The summed E-state index contributed by atoms with van der Waals surface area (Å²) in [5.74, 6) is 0.165. The minimum atomic E-state index is -0.169. The number of carbonyl (C=O) groups excluding carboxylic acids is 2. The molecule has 2 aromatic heterocycles. The van der Waals surface area contributed by atoms with Crippen LogP contribution in [0.1, 0.15) is 29.2 Å². The number of rotatable bonds is 5. The first kappa shape index (κ1) is 22.3. The van der Waals surface area contributed by atoms with Crippen LogP contribution in [-0.2, 0) is 4.79 Å². The van der Waals surface area contributed by atoms with Crippen molar-refractivity contribution < 1.29 is 9.59 Å². The van der Waals surface area contributed by atoms with E-state index >= 15 is 0 Å². The molecule has 176 valence electrons. The number of carbonyl (C=O) groups is 2. The average molecular weight is 467 g/mol. The highest BCUT2D eigenvalue weighted by Gasteiger charge is 2.27. The predicted octanol–water partition coefficient (Wildman–Crippen LogP) is 4.28. The summed E-state index contributed by atoms with van der Waals surface area (Å²) in [6.45, 7) is 4.90. The van der Waals surface area contributed by atoms with Gasteiger partial charge in [0.15, 0.2) is 0 Å². The van der Waals surface area contributed by atoms with E-state index in [0.717, 1.165) is 35.0 Å². The van der Waals surface area contributed by atoms with Gasteiger partial charge < -0.3 is 16.0 Å². The number of piperidine rings is 1. The summed E-state index contributed by atoms with van der Waals surface area (Å²) < 4.78 is 1.97. The maximum Gasteiger partial charge on any atom is 0.255 e. The lowest BCUT2D eigenvalue weighted by atomic mass is 10.1. The van der Waals surface area contributed by atoms with E-state index in [1.807, 2.05) is 58.1 Å². The molecule has 4 aromatic rings. The van der Waals surface area contributed by atoms with Crippen LogP contribution in [0.15, 0.2) is 79.5 Å². The third-order valence-corrected chi connectivity index (χ3v) is 6.33. The van der Waals surface area contributed by atoms with Crippen molar-refractivity contribution in [3.05, 3.63) is 85.1 Å². The Hall–Kier alpha value is -4.46. The van der Waals surface area contributed by atoms with Gasteiger partial charge in [0.25, 0.3) is 5.91 Å². The largest absolute Gasteiger partial charge is 0.383 e. The number of amides is 2. The number of nitrogens with two attached hydrogens (primary N) is 1. The number of nitrogens with zero attached hydrogens (tertiary/aromatic N) is 4. The van der Waals surface area contributed by atoms with E-state index in [0.29, 0.717) is 30.2 Å². The molecule has 1 unspecified atom stereocenters. The van der Waals surface area contributed by atoms with Gasteiger partial charge in [-0.25, -0.2) is 4.98 Å². The van der Waals surface area contributed by atoms with Gasteiger partial charge in [0.05, 0.1) is 16.9 Å². The number of aromatic nitrogens is 3.